The summed E-state index contributed by atoms with van der Waals surface area (Å²) in [5.41, 5.74) is 3.08. The van der Waals surface area contributed by atoms with Crippen molar-refractivity contribution in [1.82, 2.24) is 20.7 Å². The van der Waals surface area contributed by atoms with Crippen LogP contribution >= 0.6 is 0 Å². The molecule has 1 rings (SSSR count). The van der Waals surface area contributed by atoms with Crippen molar-refractivity contribution in [3.05, 3.63) is 23.4 Å². The van der Waals surface area contributed by atoms with E-state index in [1.54, 1.807) is 19.9 Å². The fourth-order valence-corrected chi connectivity index (χ4v) is 0.919. The lowest BCUT2D eigenvalue weighted by Gasteiger charge is -2.03. The molecule has 0 aliphatic heterocycles. The van der Waals surface area contributed by atoms with Gasteiger partial charge >= 0.3 is 0 Å². The van der Waals surface area contributed by atoms with Gasteiger partial charge in [-0.3, -0.25) is 10.7 Å². The van der Waals surface area contributed by atoms with E-state index in [-0.39, 0.29) is 0 Å². The van der Waals surface area contributed by atoms with E-state index in [1.165, 1.54) is 6.20 Å². The molecule has 0 radical (unpaired) electrons. The molecule has 0 aliphatic rings. The smallest absolute Gasteiger partial charge is 0.168 e. The molecule has 2 N–H and O–H groups in total. The SMILES string of the molecule is Cc1nnc(C(C)C#N)nc1/C=C\NO. The van der Waals surface area contributed by atoms with Gasteiger partial charge in [0, 0.05) is 6.20 Å². The fraction of sp³-hybridized carbons (Fsp3) is 0.333. The van der Waals surface area contributed by atoms with Crippen molar-refractivity contribution in [3.63, 3.8) is 0 Å². The number of hydroxylamine groups is 1. The lowest BCUT2D eigenvalue weighted by molar-refractivity contribution is 0.215. The van der Waals surface area contributed by atoms with Crippen LogP contribution in [0.5, 0.6) is 0 Å². The summed E-state index contributed by atoms with van der Waals surface area (Å²) in [6.45, 7) is 3.45. The van der Waals surface area contributed by atoms with E-state index < -0.39 is 5.92 Å². The van der Waals surface area contributed by atoms with Crippen LogP contribution < -0.4 is 5.48 Å². The average molecular weight is 205 g/mol. The number of hydrogen-bond donors (Lipinski definition) is 2. The molecule has 1 unspecified atom stereocenters. The van der Waals surface area contributed by atoms with Crippen LogP contribution in [0.25, 0.3) is 6.08 Å². The Morgan fingerprint density at radius 3 is 2.87 bits per heavy atom. The van der Waals surface area contributed by atoms with Gasteiger partial charge in [0.15, 0.2) is 5.82 Å². The first-order chi connectivity index (χ1) is 7.19. The first-order valence-electron chi connectivity index (χ1n) is 4.36. The van der Waals surface area contributed by atoms with Gasteiger partial charge in [-0.05, 0) is 19.9 Å². The Bertz CT molecular complexity index is 409. The third-order valence-corrected chi connectivity index (χ3v) is 1.80. The number of nitrogens with one attached hydrogen (secondary N) is 1. The summed E-state index contributed by atoms with van der Waals surface area (Å²) in [4.78, 5) is 4.15. The maximum atomic E-state index is 8.70. The van der Waals surface area contributed by atoms with Crippen LogP contribution in [0, 0.1) is 18.3 Å². The Morgan fingerprint density at radius 1 is 1.53 bits per heavy atom. The molecule has 0 bridgehead atoms. The van der Waals surface area contributed by atoms with Gasteiger partial charge < -0.3 is 0 Å². The Labute approximate surface area is 87.2 Å². The van der Waals surface area contributed by atoms with E-state index in [0.29, 0.717) is 17.2 Å². The molecule has 0 amide bonds. The van der Waals surface area contributed by atoms with Crippen LogP contribution in [-0.2, 0) is 0 Å². The first-order valence-corrected chi connectivity index (χ1v) is 4.36. The van der Waals surface area contributed by atoms with E-state index in [0.717, 1.165) is 0 Å². The zero-order valence-electron chi connectivity index (χ0n) is 8.47. The Kier molecular flexibility index (Phi) is 3.71. The van der Waals surface area contributed by atoms with Crippen LogP contribution in [0.1, 0.15) is 30.1 Å². The third-order valence-electron chi connectivity index (χ3n) is 1.80. The zero-order chi connectivity index (χ0) is 11.3. The minimum absolute atomic E-state index is 0.376. The van der Waals surface area contributed by atoms with Crippen molar-refractivity contribution < 1.29 is 5.21 Å². The van der Waals surface area contributed by atoms with Crippen LogP contribution in [0.15, 0.2) is 6.20 Å². The summed E-state index contributed by atoms with van der Waals surface area (Å²) in [6, 6.07) is 2.03. The molecule has 0 spiro atoms. The molecular weight excluding hydrogens is 194 g/mol. The summed E-state index contributed by atoms with van der Waals surface area (Å²) in [7, 11) is 0. The second-order valence-corrected chi connectivity index (χ2v) is 2.95. The molecule has 0 saturated heterocycles. The molecule has 15 heavy (non-hydrogen) atoms. The normalized spacial score (nSPS) is 12.4. The number of aromatic nitrogens is 3. The minimum atomic E-state index is -0.396. The molecule has 1 heterocycles. The highest BCUT2D eigenvalue weighted by atomic mass is 16.5. The van der Waals surface area contributed by atoms with Gasteiger partial charge in [0.05, 0.1) is 17.5 Å². The van der Waals surface area contributed by atoms with Crippen molar-refractivity contribution in [2.24, 2.45) is 0 Å². The van der Waals surface area contributed by atoms with Gasteiger partial charge in [-0.1, -0.05) is 0 Å². The van der Waals surface area contributed by atoms with Crippen LogP contribution in [0.2, 0.25) is 0 Å². The molecule has 0 saturated carbocycles. The van der Waals surface area contributed by atoms with E-state index >= 15 is 0 Å². The second kappa shape index (κ2) is 5.02. The Hall–Kier alpha value is -2.00. The molecule has 1 atom stereocenters. The monoisotopic (exact) mass is 205 g/mol. The fourth-order valence-electron chi connectivity index (χ4n) is 0.919. The van der Waals surface area contributed by atoms with Gasteiger partial charge in [-0.25, -0.2) is 4.98 Å². The first kappa shape index (κ1) is 11.1. The topological polar surface area (TPSA) is 94.7 Å². The summed E-state index contributed by atoms with van der Waals surface area (Å²) in [5.74, 6) is -0.0203. The maximum Gasteiger partial charge on any atom is 0.168 e. The highest BCUT2D eigenvalue weighted by Crippen LogP contribution is 2.10. The standard InChI is InChI=1S/C9H11N5O/c1-6(5-10)9-12-8(3-4-11-15)7(2)13-14-9/h3-4,6,11,15H,1-2H3/b4-3-. The van der Waals surface area contributed by atoms with Crippen LogP contribution in [0.4, 0.5) is 0 Å². The third kappa shape index (κ3) is 2.72. The van der Waals surface area contributed by atoms with E-state index in [9.17, 15) is 0 Å². The molecule has 0 aromatic carbocycles. The lowest BCUT2D eigenvalue weighted by atomic mass is 10.2. The summed E-state index contributed by atoms with van der Waals surface area (Å²) < 4.78 is 0. The van der Waals surface area contributed by atoms with Crippen molar-refractivity contribution in [1.29, 1.82) is 5.26 Å². The average Bonchev–Trinajstić information content (AvgIpc) is 2.27. The van der Waals surface area contributed by atoms with Crippen molar-refractivity contribution in [2.75, 3.05) is 0 Å². The van der Waals surface area contributed by atoms with Crippen molar-refractivity contribution in [2.45, 2.75) is 19.8 Å². The molecule has 78 valence electrons. The maximum absolute atomic E-state index is 8.70. The van der Waals surface area contributed by atoms with E-state index in [4.69, 9.17) is 10.5 Å². The lowest BCUT2D eigenvalue weighted by Crippen LogP contribution is -2.05. The molecule has 0 aliphatic carbocycles. The van der Waals surface area contributed by atoms with Gasteiger partial charge in [-0.15, -0.1) is 5.10 Å². The summed E-state index contributed by atoms with van der Waals surface area (Å²) >= 11 is 0. The number of rotatable bonds is 3. The number of hydrogen-bond acceptors (Lipinski definition) is 6. The molecule has 6 heteroatoms. The van der Waals surface area contributed by atoms with Gasteiger partial charge in [0.1, 0.15) is 5.92 Å². The highest BCUT2D eigenvalue weighted by molar-refractivity contribution is 5.45. The van der Waals surface area contributed by atoms with Crippen LogP contribution in [0.3, 0.4) is 0 Å². The highest BCUT2D eigenvalue weighted by Gasteiger charge is 2.09. The largest absolute Gasteiger partial charge is 0.292 e. The quantitative estimate of drug-likeness (QED) is 0.707. The van der Waals surface area contributed by atoms with Crippen molar-refractivity contribution >= 4 is 6.08 Å². The summed E-state index contributed by atoms with van der Waals surface area (Å²) in [5, 5.41) is 24.8. The molecule has 6 nitrogen and oxygen atoms in total. The van der Waals surface area contributed by atoms with Gasteiger partial charge in [0.2, 0.25) is 0 Å². The Balaban J connectivity index is 3.06. The van der Waals surface area contributed by atoms with Gasteiger partial charge in [0.25, 0.3) is 0 Å². The predicted molar refractivity (Wildman–Crippen MR) is 52.5 cm³/mol. The van der Waals surface area contributed by atoms with E-state index in [1.807, 2.05) is 11.5 Å². The minimum Gasteiger partial charge on any atom is -0.292 e. The van der Waals surface area contributed by atoms with Gasteiger partial charge in [-0.2, -0.15) is 10.4 Å². The summed E-state index contributed by atoms with van der Waals surface area (Å²) in [6.07, 6.45) is 2.87. The zero-order valence-corrected chi connectivity index (χ0v) is 8.47. The second-order valence-electron chi connectivity index (χ2n) is 2.95. The van der Waals surface area contributed by atoms with E-state index in [2.05, 4.69) is 15.2 Å². The number of nitrogens with zero attached hydrogens (tertiary/aromatic N) is 4. The Morgan fingerprint density at radius 2 is 2.27 bits per heavy atom. The molecule has 1 aromatic heterocycles. The number of nitriles is 1. The number of aryl methyl sites for hydroxylation is 1. The van der Waals surface area contributed by atoms with Crippen LogP contribution in [-0.4, -0.2) is 20.4 Å². The molecule has 0 fully saturated rings. The molecular formula is C9H11N5O. The molecule has 1 aromatic rings. The predicted octanol–water partition coefficient (Wildman–Crippen LogP) is 0.757. The van der Waals surface area contributed by atoms with Crippen molar-refractivity contribution in [3.8, 4) is 6.07 Å².